The summed E-state index contributed by atoms with van der Waals surface area (Å²) in [5.74, 6) is 0.218. The van der Waals surface area contributed by atoms with Crippen LogP contribution in [-0.4, -0.2) is 43.7 Å². The van der Waals surface area contributed by atoms with Crippen LogP contribution in [0.3, 0.4) is 0 Å². The maximum absolute atomic E-state index is 11.1. The molecule has 0 aliphatic heterocycles. The van der Waals surface area contributed by atoms with Crippen molar-refractivity contribution in [2.75, 3.05) is 18.5 Å². The second-order valence-electron chi connectivity index (χ2n) is 4.43. The Morgan fingerprint density at radius 2 is 2.00 bits per heavy atom. The number of aliphatic hydroxyl groups is 2. The highest BCUT2D eigenvalue weighted by atomic mass is 16.6. The molecule has 0 saturated heterocycles. The highest BCUT2D eigenvalue weighted by molar-refractivity contribution is 5.60. The summed E-state index contributed by atoms with van der Waals surface area (Å²) in [5, 5.41) is 36.9. The van der Waals surface area contributed by atoms with Crippen molar-refractivity contribution in [3.8, 4) is 0 Å². The Bertz CT molecular complexity index is 446. The van der Waals surface area contributed by atoms with Crippen LogP contribution in [-0.2, 0) is 6.54 Å². The number of hydrogen-bond donors (Lipinski definition) is 3. The molecule has 0 atom stereocenters. The Labute approximate surface area is 111 Å². The van der Waals surface area contributed by atoms with E-state index in [4.69, 9.17) is 0 Å². The van der Waals surface area contributed by atoms with Gasteiger partial charge in [-0.1, -0.05) is 6.92 Å². The number of nitro groups is 1. The predicted molar refractivity (Wildman–Crippen MR) is 70.1 cm³/mol. The number of aryl methyl sites for hydroxylation is 2. The zero-order valence-corrected chi connectivity index (χ0v) is 11.4. The van der Waals surface area contributed by atoms with Crippen LogP contribution in [0, 0.1) is 17.0 Å². The number of nitrogens with zero attached hydrogens (tertiary/aromatic N) is 3. The monoisotopic (exact) mass is 272 g/mol. The second-order valence-corrected chi connectivity index (χ2v) is 4.43. The van der Waals surface area contributed by atoms with Crippen LogP contribution in [0.1, 0.15) is 26.0 Å². The summed E-state index contributed by atoms with van der Waals surface area (Å²) in [6.07, 6.45) is 0.422. The molecule has 0 aliphatic rings. The van der Waals surface area contributed by atoms with Gasteiger partial charge in [-0.3, -0.25) is 10.1 Å². The number of aromatic nitrogens is 2. The molecule has 19 heavy (non-hydrogen) atoms. The van der Waals surface area contributed by atoms with Crippen molar-refractivity contribution in [3.63, 3.8) is 0 Å². The van der Waals surface area contributed by atoms with Crippen LogP contribution < -0.4 is 5.32 Å². The number of nitrogens with one attached hydrogen (secondary N) is 1. The van der Waals surface area contributed by atoms with Crippen molar-refractivity contribution in [1.29, 1.82) is 0 Å². The zero-order chi connectivity index (χ0) is 14.6. The first kappa shape index (κ1) is 15.4. The van der Waals surface area contributed by atoms with Gasteiger partial charge < -0.3 is 15.5 Å². The van der Waals surface area contributed by atoms with Gasteiger partial charge in [-0.05, 0) is 20.3 Å². The molecule has 1 heterocycles. The van der Waals surface area contributed by atoms with Gasteiger partial charge in [0.05, 0.1) is 23.7 Å². The summed E-state index contributed by atoms with van der Waals surface area (Å²) < 4.78 is 1.46. The van der Waals surface area contributed by atoms with Gasteiger partial charge in [0.15, 0.2) is 0 Å². The lowest BCUT2D eigenvalue weighted by molar-refractivity contribution is -0.384. The molecule has 3 N–H and O–H groups in total. The van der Waals surface area contributed by atoms with Gasteiger partial charge in [0, 0.05) is 6.54 Å². The Kier molecular flexibility index (Phi) is 4.84. The smallest absolute Gasteiger partial charge is 0.333 e. The van der Waals surface area contributed by atoms with Crippen molar-refractivity contribution in [1.82, 2.24) is 9.78 Å². The Hall–Kier alpha value is -1.67. The third-order valence-electron chi connectivity index (χ3n) is 3.24. The highest BCUT2D eigenvalue weighted by Crippen LogP contribution is 2.31. The lowest BCUT2D eigenvalue weighted by Crippen LogP contribution is -2.45. The van der Waals surface area contributed by atoms with Crippen LogP contribution in [0.15, 0.2) is 0 Å². The molecule has 0 amide bonds. The van der Waals surface area contributed by atoms with E-state index in [2.05, 4.69) is 10.4 Å². The van der Waals surface area contributed by atoms with Crippen molar-refractivity contribution in [2.24, 2.45) is 0 Å². The third-order valence-corrected chi connectivity index (χ3v) is 3.24. The van der Waals surface area contributed by atoms with Crippen molar-refractivity contribution in [3.05, 3.63) is 15.8 Å². The van der Waals surface area contributed by atoms with Crippen molar-refractivity contribution >= 4 is 11.5 Å². The number of rotatable bonds is 7. The van der Waals surface area contributed by atoms with Crippen molar-refractivity contribution < 1.29 is 15.1 Å². The van der Waals surface area contributed by atoms with E-state index in [0.29, 0.717) is 18.7 Å². The van der Waals surface area contributed by atoms with Crippen LogP contribution in [0.5, 0.6) is 0 Å². The summed E-state index contributed by atoms with van der Waals surface area (Å²) in [6, 6.07) is 0. The van der Waals surface area contributed by atoms with Gasteiger partial charge in [-0.15, -0.1) is 0 Å². The lowest BCUT2D eigenvalue weighted by atomic mass is 9.98. The molecule has 0 saturated carbocycles. The van der Waals surface area contributed by atoms with E-state index in [-0.39, 0.29) is 24.7 Å². The minimum absolute atomic E-state index is 0.124. The molecule has 0 fully saturated rings. The molecule has 1 aromatic heterocycles. The molecular formula is C11H20N4O4. The third kappa shape index (κ3) is 2.85. The molecule has 1 rings (SSSR count). The fourth-order valence-corrected chi connectivity index (χ4v) is 1.84. The highest BCUT2D eigenvalue weighted by Gasteiger charge is 2.33. The molecule has 0 aromatic carbocycles. The summed E-state index contributed by atoms with van der Waals surface area (Å²) >= 11 is 0. The molecule has 0 bridgehead atoms. The van der Waals surface area contributed by atoms with E-state index < -0.39 is 10.5 Å². The fraction of sp³-hybridized carbons (Fsp3) is 0.727. The summed E-state index contributed by atoms with van der Waals surface area (Å²) in [4.78, 5) is 10.6. The van der Waals surface area contributed by atoms with Crippen LogP contribution in [0.2, 0.25) is 0 Å². The van der Waals surface area contributed by atoms with E-state index in [0.717, 1.165) is 0 Å². The van der Waals surface area contributed by atoms with E-state index in [9.17, 15) is 20.3 Å². The minimum Gasteiger partial charge on any atom is -0.394 e. The Balaban J connectivity index is 3.28. The molecule has 1 aromatic rings. The first-order valence-corrected chi connectivity index (χ1v) is 6.16. The Morgan fingerprint density at radius 3 is 2.37 bits per heavy atom. The van der Waals surface area contributed by atoms with Crippen LogP contribution in [0.25, 0.3) is 0 Å². The van der Waals surface area contributed by atoms with E-state index in [1.54, 1.807) is 13.8 Å². The average Bonchev–Trinajstić information content (AvgIpc) is 2.72. The van der Waals surface area contributed by atoms with Gasteiger partial charge >= 0.3 is 5.69 Å². The largest absolute Gasteiger partial charge is 0.394 e. The maximum atomic E-state index is 11.1. The Morgan fingerprint density at radius 1 is 1.42 bits per heavy atom. The SMILES string of the molecule is CCn1nc(C)c([N+](=O)[O-])c1NC(CC)(CO)CO. The number of aliphatic hydroxyl groups excluding tert-OH is 2. The molecule has 108 valence electrons. The number of anilines is 1. The van der Waals surface area contributed by atoms with Gasteiger partial charge in [0.25, 0.3) is 0 Å². The predicted octanol–water partition coefficient (Wildman–Crippen LogP) is 0.665. The molecule has 0 spiro atoms. The van der Waals surface area contributed by atoms with Gasteiger partial charge in [-0.25, -0.2) is 4.68 Å². The average molecular weight is 272 g/mol. The quantitative estimate of drug-likeness (QED) is 0.496. The second kappa shape index (κ2) is 5.98. The molecule has 8 heteroatoms. The van der Waals surface area contributed by atoms with Crippen molar-refractivity contribution in [2.45, 2.75) is 39.3 Å². The molecule has 0 aliphatic carbocycles. The van der Waals surface area contributed by atoms with Crippen LogP contribution in [0.4, 0.5) is 11.5 Å². The van der Waals surface area contributed by atoms with Gasteiger partial charge in [0.2, 0.25) is 5.82 Å². The molecular weight excluding hydrogens is 252 g/mol. The standard InChI is InChI=1S/C11H20N4O4/c1-4-11(6-16,7-17)12-10-9(15(18)19)8(3)13-14(10)5-2/h12,16-17H,4-7H2,1-3H3. The van der Waals surface area contributed by atoms with Gasteiger partial charge in [-0.2, -0.15) is 5.10 Å². The topological polar surface area (TPSA) is 113 Å². The minimum atomic E-state index is -0.996. The number of hydrogen-bond acceptors (Lipinski definition) is 6. The molecule has 0 unspecified atom stereocenters. The lowest BCUT2D eigenvalue weighted by Gasteiger charge is -2.30. The summed E-state index contributed by atoms with van der Waals surface area (Å²) in [5.41, 5.74) is -0.818. The maximum Gasteiger partial charge on any atom is 0.333 e. The van der Waals surface area contributed by atoms with E-state index >= 15 is 0 Å². The molecule has 0 radical (unpaired) electrons. The zero-order valence-electron chi connectivity index (χ0n) is 11.4. The van der Waals surface area contributed by atoms with E-state index in [1.165, 1.54) is 4.68 Å². The summed E-state index contributed by atoms with van der Waals surface area (Å²) in [7, 11) is 0. The normalized spacial score (nSPS) is 11.6. The molecule has 8 nitrogen and oxygen atoms in total. The van der Waals surface area contributed by atoms with Gasteiger partial charge in [0.1, 0.15) is 5.69 Å². The van der Waals surface area contributed by atoms with Crippen LogP contribution >= 0.6 is 0 Å². The first-order valence-electron chi connectivity index (χ1n) is 6.16. The summed E-state index contributed by atoms with van der Waals surface area (Å²) in [6.45, 7) is 4.95. The van der Waals surface area contributed by atoms with E-state index in [1.807, 2.05) is 6.92 Å². The fourth-order valence-electron chi connectivity index (χ4n) is 1.84. The first-order chi connectivity index (χ1) is 8.94.